The minimum absolute atomic E-state index is 0.265. The van der Waals surface area contributed by atoms with Crippen LogP contribution in [0, 0.1) is 17.0 Å². The SMILES string of the molecule is Cc1ccc2c(c1)CCCN2S(=O)(=O)c1ccccc1[N+](=O)[O-]. The minimum Gasteiger partial charge on any atom is -0.266 e. The van der Waals surface area contributed by atoms with E-state index in [1.807, 2.05) is 19.1 Å². The van der Waals surface area contributed by atoms with E-state index in [0.29, 0.717) is 18.7 Å². The molecule has 0 bridgehead atoms. The van der Waals surface area contributed by atoms with Crippen LogP contribution in [0.1, 0.15) is 17.5 Å². The van der Waals surface area contributed by atoms with Crippen LogP contribution in [0.2, 0.25) is 0 Å². The Labute approximate surface area is 134 Å². The van der Waals surface area contributed by atoms with Crippen LogP contribution in [0.5, 0.6) is 0 Å². The molecule has 120 valence electrons. The van der Waals surface area contributed by atoms with Crippen molar-refractivity contribution in [2.75, 3.05) is 10.8 Å². The fourth-order valence-corrected chi connectivity index (χ4v) is 4.59. The van der Waals surface area contributed by atoms with E-state index >= 15 is 0 Å². The van der Waals surface area contributed by atoms with Gasteiger partial charge in [-0.25, -0.2) is 8.42 Å². The first kappa shape index (κ1) is 15.5. The molecule has 23 heavy (non-hydrogen) atoms. The molecule has 0 unspecified atom stereocenters. The number of benzene rings is 2. The third kappa shape index (κ3) is 2.68. The molecule has 3 rings (SSSR count). The maximum atomic E-state index is 13.0. The first-order chi connectivity index (χ1) is 10.9. The molecule has 2 aromatic rings. The fraction of sp³-hybridized carbons (Fsp3) is 0.250. The number of sulfonamides is 1. The normalized spacial score (nSPS) is 14.4. The average Bonchev–Trinajstić information content (AvgIpc) is 2.53. The van der Waals surface area contributed by atoms with Gasteiger partial charge in [0.15, 0.2) is 4.90 Å². The molecular weight excluding hydrogens is 316 g/mol. The number of nitrogens with zero attached hydrogens (tertiary/aromatic N) is 2. The van der Waals surface area contributed by atoms with Crippen molar-refractivity contribution in [2.24, 2.45) is 0 Å². The van der Waals surface area contributed by atoms with Crippen molar-refractivity contribution in [1.29, 1.82) is 0 Å². The zero-order chi connectivity index (χ0) is 16.6. The van der Waals surface area contributed by atoms with E-state index in [1.54, 1.807) is 6.07 Å². The molecule has 0 fully saturated rings. The summed E-state index contributed by atoms with van der Waals surface area (Å²) in [6, 6.07) is 11.1. The Balaban J connectivity index is 2.15. The zero-order valence-electron chi connectivity index (χ0n) is 12.6. The van der Waals surface area contributed by atoms with Crippen LogP contribution in [0.25, 0.3) is 0 Å². The maximum Gasteiger partial charge on any atom is 0.289 e. The van der Waals surface area contributed by atoms with E-state index in [2.05, 4.69) is 0 Å². The summed E-state index contributed by atoms with van der Waals surface area (Å²) in [5.41, 5.74) is 2.24. The molecule has 0 N–H and O–H groups in total. The molecule has 0 radical (unpaired) electrons. The van der Waals surface area contributed by atoms with Gasteiger partial charge in [0.05, 0.1) is 10.6 Å². The van der Waals surface area contributed by atoms with Crippen LogP contribution in [0.15, 0.2) is 47.4 Å². The lowest BCUT2D eigenvalue weighted by molar-refractivity contribution is -0.387. The van der Waals surface area contributed by atoms with Crippen molar-refractivity contribution in [3.05, 3.63) is 63.7 Å². The van der Waals surface area contributed by atoms with Crippen LogP contribution in [-0.2, 0) is 16.4 Å². The van der Waals surface area contributed by atoms with Crippen molar-refractivity contribution in [2.45, 2.75) is 24.7 Å². The summed E-state index contributed by atoms with van der Waals surface area (Å²) in [7, 11) is -3.97. The lowest BCUT2D eigenvalue weighted by atomic mass is 10.0. The number of fused-ring (bicyclic) bond motifs is 1. The molecule has 1 aliphatic rings. The monoisotopic (exact) mass is 332 g/mol. The molecule has 0 aliphatic carbocycles. The second kappa shape index (κ2) is 5.66. The molecule has 1 aliphatic heterocycles. The Hall–Kier alpha value is -2.41. The summed E-state index contributed by atoms with van der Waals surface area (Å²) in [4.78, 5) is 10.2. The summed E-state index contributed by atoms with van der Waals surface area (Å²) in [5, 5.41) is 11.2. The zero-order valence-corrected chi connectivity index (χ0v) is 13.4. The van der Waals surface area contributed by atoms with E-state index in [-0.39, 0.29) is 4.90 Å². The molecule has 0 atom stereocenters. The second-order valence-corrected chi connectivity index (χ2v) is 7.37. The van der Waals surface area contributed by atoms with Gasteiger partial charge in [-0.3, -0.25) is 14.4 Å². The van der Waals surface area contributed by atoms with E-state index in [9.17, 15) is 18.5 Å². The van der Waals surface area contributed by atoms with Gasteiger partial charge in [-0.1, -0.05) is 29.8 Å². The molecule has 0 saturated heterocycles. The largest absolute Gasteiger partial charge is 0.289 e. The van der Waals surface area contributed by atoms with Gasteiger partial charge in [0.2, 0.25) is 0 Å². The number of rotatable bonds is 3. The van der Waals surface area contributed by atoms with Crippen molar-refractivity contribution < 1.29 is 13.3 Å². The molecule has 0 aromatic heterocycles. The molecule has 6 nitrogen and oxygen atoms in total. The Morgan fingerprint density at radius 1 is 1.17 bits per heavy atom. The summed E-state index contributed by atoms with van der Waals surface area (Å²) in [6.07, 6.45) is 1.50. The molecular formula is C16H16N2O4S. The first-order valence-corrected chi connectivity index (χ1v) is 8.71. The van der Waals surface area contributed by atoms with Crippen LogP contribution >= 0.6 is 0 Å². The summed E-state index contributed by atoms with van der Waals surface area (Å²) in [6.45, 7) is 2.28. The summed E-state index contributed by atoms with van der Waals surface area (Å²) in [5.74, 6) is 0. The highest BCUT2D eigenvalue weighted by Crippen LogP contribution is 2.35. The third-order valence-corrected chi connectivity index (χ3v) is 5.80. The number of aryl methyl sites for hydroxylation is 2. The first-order valence-electron chi connectivity index (χ1n) is 7.27. The quantitative estimate of drug-likeness (QED) is 0.639. The van der Waals surface area contributed by atoms with E-state index in [1.165, 1.54) is 28.6 Å². The minimum atomic E-state index is -3.97. The molecule has 0 saturated carbocycles. The highest BCUT2D eigenvalue weighted by atomic mass is 32.2. The lowest BCUT2D eigenvalue weighted by Crippen LogP contribution is -2.35. The highest BCUT2D eigenvalue weighted by molar-refractivity contribution is 7.93. The highest BCUT2D eigenvalue weighted by Gasteiger charge is 2.33. The van der Waals surface area contributed by atoms with E-state index in [4.69, 9.17) is 0 Å². The van der Waals surface area contributed by atoms with Gasteiger partial charge in [0.25, 0.3) is 15.7 Å². The van der Waals surface area contributed by atoms with Crippen molar-refractivity contribution in [1.82, 2.24) is 0 Å². The van der Waals surface area contributed by atoms with Crippen LogP contribution in [0.4, 0.5) is 11.4 Å². The second-order valence-electron chi connectivity index (χ2n) is 5.54. The summed E-state index contributed by atoms with van der Waals surface area (Å²) >= 11 is 0. The third-order valence-electron chi connectivity index (χ3n) is 3.94. The molecule has 1 heterocycles. The Kier molecular flexibility index (Phi) is 3.81. The molecule has 7 heteroatoms. The topological polar surface area (TPSA) is 80.5 Å². The maximum absolute atomic E-state index is 13.0. The molecule has 0 spiro atoms. The van der Waals surface area contributed by atoms with Crippen LogP contribution < -0.4 is 4.31 Å². The van der Waals surface area contributed by atoms with E-state index in [0.717, 1.165) is 17.5 Å². The number of nitro benzene ring substituents is 1. The van der Waals surface area contributed by atoms with Gasteiger partial charge in [0.1, 0.15) is 0 Å². The number of hydrogen-bond acceptors (Lipinski definition) is 4. The Morgan fingerprint density at radius 3 is 2.65 bits per heavy atom. The van der Waals surface area contributed by atoms with Crippen molar-refractivity contribution in [3.8, 4) is 0 Å². The van der Waals surface area contributed by atoms with Crippen molar-refractivity contribution in [3.63, 3.8) is 0 Å². The fourth-order valence-electron chi connectivity index (χ4n) is 2.89. The number of nitro groups is 1. The van der Waals surface area contributed by atoms with Gasteiger partial charge in [-0.05, 0) is 37.5 Å². The van der Waals surface area contributed by atoms with Gasteiger partial charge in [-0.15, -0.1) is 0 Å². The molecule has 2 aromatic carbocycles. The Morgan fingerprint density at radius 2 is 1.91 bits per heavy atom. The Bertz CT molecular complexity index is 877. The smallest absolute Gasteiger partial charge is 0.266 e. The number of anilines is 1. The summed E-state index contributed by atoms with van der Waals surface area (Å²) < 4.78 is 27.2. The van der Waals surface area contributed by atoms with Crippen molar-refractivity contribution >= 4 is 21.4 Å². The standard InChI is InChI=1S/C16H16N2O4S/c1-12-8-9-14-13(11-12)5-4-10-17(14)23(21,22)16-7-3-2-6-15(16)18(19)20/h2-3,6-9,11H,4-5,10H2,1H3. The van der Waals surface area contributed by atoms with Gasteiger partial charge in [-0.2, -0.15) is 0 Å². The predicted octanol–water partition coefficient (Wildman–Crippen LogP) is 3.04. The van der Waals surface area contributed by atoms with Gasteiger partial charge < -0.3 is 0 Å². The van der Waals surface area contributed by atoms with Crippen LogP contribution in [-0.4, -0.2) is 19.9 Å². The van der Waals surface area contributed by atoms with Gasteiger partial charge >= 0.3 is 0 Å². The molecule has 0 amide bonds. The lowest BCUT2D eigenvalue weighted by Gasteiger charge is -2.30. The van der Waals surface area contributed by atoms with Crippen LogP contribution in [0.3, 0.4) is 0 Å². The number of hydrogen-bond donors (Lipinski definition) is 0. The average molecular weight is 332 g/mol. The van der Waals surface area contributed by atoms with Gasteiger partial charge in [0, 0.05) is 12.6 Å². The number of para-hydroxylation sites is 1. The van der Waals surface area contributed by atoms with E-state index < -0.39 is 20.6 Å². The predicted molar refractivity (Wildman–Crippen MR) is 87.1 cm³/mol.